The van der Waals surface area contributed by atoms with Crippen LogP contribution in [-0.4, -0.2) is 29.1 Å². The summed E-state index contributed by atoms with van der Waals surface area (Å²) in [7, 11) is 1.76. The molecule has 0 amide bonds. The van der Waals surface area contributed by atoms with Gasteiger partial charge >= 0.3 is 5.97 Å². The van der Waals surface area contributed by atoms with Gasteiger partial charge in [0.15, 0.2) is 0 Å². The van der Waals surface area contributed by atoms with E-state index in [9.17, 15) is 4.79 Å². The number of alkyl halides is 1. The van der Waals surface area contributed by atoms with Gasteiger partial charge in [0.05, 0.1) is 6.10 Å². The third kappa shape index (κ3) is 3.26. The maximum Gasteiger partial charge on any atom is 0.327 e. The summed E-state index contributed by atoms with van der Waals surface area (Å²) in [5.74, 6) is -0.186. The minimum Gasteiger partial charge on any atom is -0.462 e. The van der Waals surface area contributed by atoms with Crippen molar-refractivity contribution in [2.45, 2.75) is 32.4 Å². The maximum absolute atomic E-state index is 11.4. The van der Waals surface area contributed by atoms with Gasteiger partial charge in [-0.2, -0.15) is 0 Å². The Hall–Kier alpha value is 0.160. The number of carbonyl (C=O) groups is 1. The lowest BCUT2D eigenvalue weighted by Gasteiger charge is -2.25. The van der Waals surface area contributed by atoms with E-state index in [2.05, 4.69) is 27.9 Å². The predicted octanol–water partition coefficient (Wildman–Crippen LogP) is 1.35. The summed E-state index contributed by atoms with van der Waals surface area (Å²) >= 11 is 2.16. The molecule has 1 atom stereocenters. The number of likely N-dealkylation sites (N-methyl/N-ethyl adjacent to an activating group) is 1. The molecule has 12 heavy (non-hydrogen) atoms. The van der Waals surface area contributed by atoms with Gasteiger partial charge < -0.3 is 10.1 Å². The van der Waals surface area contributed by atoms with Crippen LogP contribution in [0.2, 0.25) is 0 Å². The summed E-state index contributed by atoms with van der Waals surface area (Å²) in [6.07, 6.45) is -0.0480. The van der Waals surface area contributed by atoms with Crippen LogP contribution in [0.25, 0.3) is 0 Å². The zero-order valence-corrected chi connectivity index (χ0v) is 10.1. The molecule has 0 fully saturated rings. The van der Waals surface area contributed by atoms with E-state index in [-0.39, 0.29) is 12.1 Å². The van der Waals surface area contributed by atoms with Gasteiger partial charge in [0.1, 0.15) is 5.54 Å². The molecule has 1 N–H and O–H groups in total. The van der Waals surface area contributed by atoms with Crippen molar-refractivity contribution in [3.63, 3.8) is 0 Å². The van der Waals surface area contributed by atoms with Gasteiger partial charge in [0.25, 0.3) is 0 Å². The van der Waals surface area contributed by atoms with Gasteiger partial charge in [-0.25, -0.2) is 0 Å². The van der Waals surface area contributed by atoms with Gasteiger partial charge in [0.2, 0.25) is 0 Å². The van der Waals surface area contributed by atoms with Crippen molar-refractivity contribution in [3.8, 4) is 0 Å². The molecule has 1 unspecified atom stereocenters. The van der Waals surface area contributed by atoms with Crippen molar-refractivity contribution in [1.82, 2.24) is 5.32 Å². The molecule has 0 rings (SSSR count). The quantitative estimate of drug-likeness (QED) is 0.481. The molecule has 0 spiro atoms. The van der Waals surface area contributed by atoms with E-state index in [4.69, 9.17) is 4.74 Å². The first kappa shape index (κ1) is 12.2. The molecule has 4 heteroatoms. The SMILES string of the molecule is CNC(C)(CI)C(=O)OC(C)C. The Balaban J connectivity index is 4.22. The van der Waals surface area contributed by atoms with Gasteiger partial charge in [-0.1, -0.05) is 22.6 Å². The van der Waals surface area contributed by atoms with E-state index in [1.54, 1.807) is 7.05 Å². The largest absolute Gasteiger partial charge is 0.462 e. The second kappa shape index (κ2) is 5.01. The second-order valence-corrected chi connectivity index (χ2v) is 3.93. The number of carbonyl (C=O) groups excluding carboxylic acids is 1. The first-order chi connectivity index (χ1) is 5.46. The van der Waals surface area contributed by atoms with Gasteiger partial charge in [-0.15, -0.1) is 0 Å². The molecule has 0 heterocycles. The maximum atomic E-state index is 11.4. The molecule has 0 radical (unpaired) electrons. The molecular weight excluding hydrogens is 269 g/mol. The molecular formula is C8H16INO2. The molecule has 0 aliphatic carbocycles. The Bertz CT molecular complexity index is 155. The normalized spacial score (nSPS) is 15.8. The number of rotatable bonds is 4. The zero-order chi connectivity index (χ0) is 9.78. The van der Waals surface area contributed by atoms with E-state index in [1.165, 1.54) is 0 Å². The fourth-order valence-electron chi connectivity index (χ4n) is 0.568. The summed E-state index contributed by atoms with van der Waals surface area (Å²) < 4.78 is 5.79. The highest BCUT2D eigenvalue weighted by Crippen LogP contribution is 2.11. The minimum atomic E-state index is -0.551. The third-order valence-corrected chi connectivity index (χ3v) is 3.14. The number of hydrogen-bond donors (Lipinski definition) is 1. The van der Waals surface area contributed by atoms with Crippen molar-refractivity contribution < 1.29 is 9.53 Å². The molecule has 0 aromatic rings. The molecule has 0 aromatic heterocycles. The van der Waals surface area contributed by atoms with Crippen LogP contribution in [0.5, 0.6) is 0 Å². The Morgan fingerprint density at radius 1 is 1.67 bits per heavy atom. The lowest BCUT2D eigenvalue weighted by molar-refractivity contribution is -0.153. The standard InChI is InChI=1S/C8H16INO2/c1-6(2)12-7(11)8(3,5-9)10-4/h6,10H,5H2,1-4H3. The Labute approximate surface area is 87.4 Å². The number of halogens is 1. The molecule has 72 valence electrons. The van der Waals surface area contributed by atoms with Crippen molar-refractivity contribution in [2.75, 3.05) is 11.5 Å². The van der Waals surface area contributed by atoms with Gasteiger partial charge in [-0.05, 0) is 27.8 Å². The summed E-state index contributed by atoms with van der Waals surface area (Å²) in [5, 5.41) is 2.95. The van der Waals surface area contributed by atoms with Crippen LogP contribution in [0.3, 0.4) is 0 Å². The van der Waals surface area contributed by atoms with Crippen LogP contribution >= 0.6 is 22.6 Å². The predicted molar refractivity (Wildman–Crippen MR) is 57.6 cm³/mol. The van der Waals surface area contributed by atoms with E-state index >= 15 is 0 Å². The molecule has 0 saturated heterocycles. The Morgan fingerprint density at radius 2 is 2.17 bits per heavy atom. The lowest BCUT2D eigenvalue weighted by atomic mass is 10.1. The first-order valence-electron chi connectivity index (χ1n) is 3.92. The average Bonchev–Trinajstić information content (AvgIpc) is 2.02. The van der Waals surface area contributed by atoms with Crippen LogP contribution in [-0.2, 0) is 9.53 Å². The van der Waals surface area contributed by atoms with E-state index in [0.29, 0.717) is 4.43 Å². The van der Waals surface area contributed by atoms with Crippen LogP contribution in [0.4, 0.5) is 0 Å². The summed E-state index contributed by atoms with van der Waals surface area (Å²) in [5.41, 5.74) is -0.551. The van der Waals surface area contributed by atoms with Gasteiger partial charge in [0, 0.05) is 4.43 Å². The monoisotopic (exact) mass is 285 g/mol. The van der Waals surface area contributed by atoms with E-state index in [1.807, 2.05) is 20.8 Å². The molecule has 3 nitrogen and oxygen atoms in total. The molecule has 0 bridgehead atoms. The lowest BCUT2D eigenvalue weighted by Crippen LogP contribution is -2.50. The van der Waals surface area contributed by atoms with Gasteiger partial charge in [-0.3, -0.25) is 4.79 Å². The minimum absolute atomic E-state index is 0.0480. The smallest absolute Gasteiger partial charge is 0.327 e. The van der Waals surface area contributed by atoms with Crippen LogP contribution < -0.4 is 5.32 Å². The first-order valence-corrected chi connectivity index (χ1v) is 5.45. The fourth-order valence-corrected chi connectivity index (χ4v) is 1.26. The zero-order valence-electron chi connectivity index (χ0n) is 7.98. The number of esters is 1. The van der Waals surface area contributed by atoms with E-state index < -0.39 is 5.54 Å². The Morgan fingerprint density at radius 3 is 2.42 bits per heavy atom. The second-order valence-electron chi connectivity index (χ2n) is 3.17. The number of ether oxygens (including phenoxy) is 1. The third-order valence-electron chi connectivity index (χ3n) is 1.61. The van der Waals surface area contributed by atoms with Crippen LogP contribution in [0, 0.1) is 0 Å². The number of hydrogen-bond acceptors (Lipinski definition) is 3. The van der Waals surface area contributed by atoms with Crippen molar-refractivity contribution in [1.29, 1.82) is 0 Å². The summed E-state index contributed by atoms with van der Waals surface area (Å²) in [6, 6.07) is 0. The highest BCUT2D eigenvalue weighted by Gasteiger charge is 2.32. The van der Waals surface area contributed by atoms with Crippen LogP contribution in [0.1, 0.15) is 20.8 Å². The van der Waals surface area contributed by atoms with E-state index in [0.717, 1.165) is 0 Å². The molecule has 0 aliphatic rings. The highest BCUT2D eigenvalue weighted by atomic mass is 127. The summed E-state index contributed by atoms with van der Waals surface area (Å²) in [4.78, 5) is 11.4. The molecule has 0 aliphatic heterocycles. The molecule has 0 saturated carbocycles. The molecule has 0 aromatic carbocycles. The van der Waals surface area contributed by atoms with Crippen molar-refractivity contribution in [2.24, 2.45) is 0 Å². The Kier molecular flexibility index (Phi) is 5.08. The van der Waals surface area contributed by atoms with Crippen molar-refractivity contribution >= 4 is 28.6 Å². The van der Waals surface area contributed by atoms with Crippen molar-refractivity contribution in [3.05, 3.63) is 0 Å². The number of nitrogens with one attached hydrogen (secondary N) is 1. The topological polar surface area (TPSA) is 38.3 Å². The average molecular weight is 285 g/mol. The fraction of sp³-hybridized carbons (Fsp3) is 0.875. The highest BCUT2D eigenvalue weighted by molar-refractivity contribution is 14.1. The summed E-state index contributed by atoms with van der Waals surface area (Å²) in [6.45, 7) is 5.53. The van der Waals surface area contributed by atoms with Crippen LogP contribution in [0.15, 0.2) is 0 Å².